The van der Waals surface area contributed by atoms with Gasteiger partial charge in [0, 0.05) is 39.8 Å². The van der Waals surface area contributed by atoms with E-state index in [1.165, 1.54) is 9.75 Å². The topological polar surface area (TPSA) is 88.4 Å². The highest BCUT2D eigenvalue weighted by molar-refractivity contribution is 7.12. The van der Waals surface area contributed by atoms with E-state index in [1.807, 2.05) is 12.1 Å². The van der Waals surface area contributed by atoms with Gasteiger partial charge in [0.15, 0.2) is 0 Å². The molecule has 0 aliphatic carbocycles. The minimum Gasteiger partial charge on any atom is -0.388 e. The summed E-state index contributed by atoms with van der Waals surface area (Å²) in [5.41, 5.74) is 2.36. The number of rotatable bonds is 7. The lowest BCUT2D eigenvalue weighted by atomic mass is 9.87. The van der Waals surface area contributed by atoms with E-state index >= 15 is 0 Å². The molecule has 170 valence electrons. The first kappa shape index (κ1) is 23.1. The summed E-state index contributed by atoms with van der Waals surface area (Å²) >= 11 is 8.30. The van der Waals surface area contributed by atoms with Crippen LogP contribution in [0.2, 0.25) is 5.02 Å². The Morgan fingerprint density at radius 2 is 1.94 bits per heavy atom. The average molecular weight is 469 g/mol. The number of aliphatic hydroxyl groups excluding tert-OH is 3. The first-order valence-corrected chi connectivity index (χ1v) is 11.9. The maximum atomic E-state index is 10.7. The van der Waals surface area contributed by atoms with Gasteiger partial charge in [-0.1, -0.05) is 18.5 Å². The standard InChI is InChI=1S/C23H29ClO6S/c1-3-7-28-8-6-16-4-5-17(31-16)9-14-10-18-15(11-19(14)24)12-29-23(18)22(27)21(26)20(25)13(2)30-23/h4-5,10-11,13,20-22,25-27H,3,6-9,12H2,1-2H3/t13-,20-,21+,22-,23+/m1/s1. The third-order valence-electron chi connectivity index (χ3n) is 5.92. The third-order valence-corrected chi connectivity index (χ3v) is 7.41. The Balaban J connectivity index is 1.56. The van der Waals surface area contributed by atoms with Crippen molar-refractivity contribution in [3.63, 3.8) is 0 Å². The van der Waals surface area contributed by atoms with Crippen LogP contribution in [0.5, 0.6) is 0 Å². The molecule has 1 fully saturated rings. The Morgan fingerprint density at radius 3 is 2.71 bits per heavy atom. The molecular weight excluding hydrogens is 440 g/mol. The summed E-state index contributed by atoms with van der Waals surface area (Å²) in [6.45, 7) is 5.46. The minimum absolute atomic E-state index is 0.211. The van der Waals surface area contributed by atoms with Gasteiger partial charge in [-0.05, 0) is 48.7 Å². The van der Waals surface area contributed by atoms with Crippen molar-refractivity contribution < 1.29 is 29.5 Å². The van der Waals surface area contributed by atoms with Gasteiger partial charge in [0.05, 0.1) is 19.3 Å². The second-order valence-corrected chi connectivity index (χ2v) is 9.87. The Hall–Kier alpha value is -1.03. The number of fused-ring (bicyclic) bond motifs is 2. The molecule has 1 aromatic carbocycles. The lowest BCUT2D eigenvalue weighted by Gasteiger charge is -2.45. The minimum atomic E-state index is -1.51. The van der Waals surface area contributed by atoms with Crippen LogP contribution in [0.1, 0.15) is 46.7 Å². The molecule has 0 unspecified atom stereocenters. The molecule has 6 nitrogen and oxygen atoms in total. The van der Waals surface area contributed by atoms with E-state index in [0.29, 0.717) is 17.0 Å². The zero-order valence-corrected chi connectivity index (χ0v) is 19.3. The van der Waals surface area contributed by atoms with Crippen molar-refractivity contribution in [1.82, 2.24) is 0 Å². The molecule has 5 atom stereocenters. The molecule has 1 aromatic heterocycles. The molecule has 0 bridgehead atoms. The van der Waals surface area contributed by atoms with Gasteiger partial charge in [0.1, 0.15) is 18.3 Å². The number of ether oxygens (including phenoxy) is 3. The van der Waals surface area contributed by atoms with Gasteiger partial charge in [-0.2, -0.15) is 0 Å². The van der Waals surface area contributed by atoms with Crippen LogP contribution in [0.3, 0.4) is 0 Å². The van der Waals surface area contributed by atoms with E-state index < -0.39 is 30.2 Å². The monoisotopic (exact) mass is 468 g/mol. The van der Waals surface area contributed by atoms with Gasteiger partial charge >= 0.3 is 0 Å². The number of hydrogen-bond donors (Lipinski definition) is 3. The van der Waals surface area contributed by atoms with E-state index in [0.717, 1.165) is 37.2 Å². The maximum Gasteiger partial charge on any atom is 0.225 e. The highest BCUT2D eigenvalue weighted by Crippen LogP contribution is 2.47. The van der Waals surface area contributed by atoms with Crippen molar-refractivity contribution in [1.29, 1.82) is 0 Å². The second kappa shape index (κ2) is 9.45. The summed E-state index contributed by atoms with van der Waals surface area (Å²) in [5.74, 6) is -1.51. The van der Waals surface area contributed by atoms with Crippen molar-refractivity contribution in [2.75, 3.05) is 13.2 Å². The number of benzene rings is 1. The SMILES string of the molecule is CCCOCCc1ccc(Cc2cc3c(cc2Cl)CO[C@]32O[C@H](C)[C@@H](O)[C@H](O)[C@H]2O)s1. The van der Waals surface area contributed by atoms with Crippen LogP contribution >= 0.6 is 22.9 Å². The summed E-state index contributed by atoms with van der Waals surface area (Å²) in [6.07, 6.45) is -2.12. The molecular formula is C23H29ClO6S. The molecule has 3 N–H and O–H groups in total. The average Bonchev–Trinajstić information content (AvgIpc) is 3.34. The van der Waals surface area contributed by atoms with E-state index in [-0.39, 0.29) is 6.61 Å². The quantitative estimate of drug-likeness (QED) is 0.541. The van der Waals surface area contributed by atoms with Crippen LogP contribution in [0, 0.1) is 0 Å². The van der Waals surface area contributed by atoms with Gasteiger partial charge in [-0.25, -0.2) is 0 Å². The molecule has 0 radical (unpaired) electrons. The highest BCUT2D eigenvalue weighted by Gasteiger charge is 2.57. The lowest BCUT2D eigenvalue weighted by molar-refractivity contribution is -0.362. The van der Waals surface area contributed by atoms with E-state index in [9.17, 15) is 15.3 Å². The number of aliphatic hydroxyl groups is 3. The van der Waals surface area contributed by atoms with E-state index in [1.54, 1.807) is 18.3 Å². The Bertz CT molecular complexity index is 917. The maximum absolute atomic E-state index is 10.7. The molecule has 0 saturated carbocycles. The first-order chi connectivity index (χ1) is 14.9. The molecule has 1 saturated heterocycles. The van der Waals surface area contributed by atoms with Crippen molar-refractivity contribution in [2.45, 2.75) is 69.9 Å². The van der Waals surface area contributed by atoms with Gasteiger partial charge in [-0.3, -0.25) is 0 Å². The highest BCUT2D eigenvalue weighted by atomic mass is 35.5. The summed E-state index contributed by atoms with van der Waals surface area (Å²) < 4.78 is 17.4. The fraction of sp³-hybridized carbons (Fsp3) is 0.565. The normalized spacial score (nSPS) is 30.1. The third kappa shape index (κ3) is 4.43. The fourth-order valence-electron chi connectivity index (χ4n) is 4.21. The van der Waals surface area contributed by atoms with E-state index in [4.69, 9.17) is 25.8 Å². The van der Waals surface area contributed by atoms with Gasteiger partial charge in [0.2, 0.25) is 5.79 Å². The molecule has 31 heavy (non-hydrogen) atoms. The predicted molar refractivity (Wildman–Crippen MR) is 118 cm³/mol. The predicted octanol–water partition coefficient (Wildman–Crippen LogP) is 3.15. The van der Waals surface area contributed by atoms with Crippen LogP contribution in [-0.2, 0) is 39.4 Å². The summed E-state index contributed by atoms with van der Waals surface area (Å²) in [7, 11) is 0. The molecule has 8 heteroatoms. The van der Waals surface area contributed by atoms with Gasteiger partial charge < -0.3 is 29.5 Å². The first-order valence-electron chi connectivity index (χ1n) is 10.7. The van der Waals surface area contributed by atoms with Crippen LogP contribution in [0.25, 0.3) is 0 Å². The van der Waals surface area contributed by atoms with Gasteiger partial charge in [-0.15, -0.1) is 11.3 Å². The molecule has 3 heterocycles. The Morgan fingerprint density at radius 1 is 1.16 bits per heavy atom. The van der Waals surface area contributed by atoms with Gasteiger partial charge in [0.25, 0.3) is 0 Å². The van der Waals surface area contributed by atoms with Crippen LogP contribution in [0.4, 0.5) is 0 Å². The second-order valence-electron chi connectivity index (χ2n) is 8.21. The smallest absolute Gasteiger partial charge is 0.225 e. The van der Waals surface area contributed by atoms with Crippen LogP contribution < -0.4 is 0 Å². The summed E-state index contributed by atoms with van der Waals surface area (Å²) in [6, 6.07) is 7.96. The van der Waals surface area contributed by atoms with Crippen molar-refractivity contribution >= 4 is 22.9 Å². The molecule has 2 aliphatic rings. The fourth-order valence-corrected chi connectivity index (χ4v) is 5.48. The van der Waals surface area contributed by atoms with E-state index in [2.05, 4.69) is 19.1 Å². The number of thiophene rings is 1. The Labute approximate surface area is 191 Å². The molecule has 1 spiro atoms. The zero-order chi connectivity index (χ0) is 22.2. The number of hydrogen-bond acceptors (Lipinski definition) is 7. The zero-order valence-electron chi connectivity index (χ0n) is 17.7. The van der Waals surface area contributed by atoms with Crippen LogP contribution in [0.15, 0.2) is 24.3 Å². The van der Waals surface area contributed by atoms with Crippen molar-refractivity contribution in [3.8, 4) is 0 Å². The summed E-state index contributed by atoms with van der Waals surface area (Å²) in [5, 5.41) is 31.8. The molecule has 0 amide bonds. The molecule has 2 aromatic rings. The molecule has 4 rings (SSSR count). The largest absolute Gasteiger partial charge is 0.388 e. The number of halogens is 1. The molecule has 2 aliphatic heterocycles. The summed E-state index contributed by atoms with van der Waals surface area (Å²) in [4.78, 5) is 2.44. The lowest BCUT2D eigenvalue weighted by Crippen LogP contribution is -2.62. The van der Waals surface area contributed by atoms with Crippen molar-refractivity contribution in [3.05, 3.63) is 55.7 Å². The van der Waals surface area contributed by atoms with Crippen molar-refractivity contribution in [2.24, 2.45) is 0 Å². The van der Waals surface area contributed by atoms with Crippen LogP contribution in [-0.4, -0.2) is 52.9 Å². The Kier molecular flexibility index (Phi) is 7.05.